The molecule has 4 heterocycles. The van der Waals surface area contributed by atoms with Crippen molar-refractivity contribution in [1.29, 1.82) is 0 Å². The summed E-state index contributed by atoms with van der Waals surface area (Å²) in [5.41, 5.74) is -4.49. The lowest BCUT2D eigenvalue weighted by atomic mass is 9.73. The van der Waals surface area contributed by atoms with Crippen LogP contribution in [0.4, 0.5) is 37.7 Å². The Bertz CT molecular complexity index is 1670. The zero-order chi connectivity index (χ0) is 36.8. The summed E-state index contributed by atoms with van der Waals surface area (Å²) in [6.45, 7) is 5.63. The van der Waals surface area contributed by atoms with Gasteiger partial charge in [0.1, 0.15) is 23.0 Å². The first-order valence-corrected chi connectivity index (χ1v) is 17.3. The van der Waals surface area contributed by atoms with Gasteiger partial charge in [-0.2, -0.15) is 26.3 Å². The molecule has 4 saturated heterocycles. The third-order valence-corrected chi connectivity index (χ3v) is 9.61. The first-order chi connectivity index (χ1) is 25.4. The number of nitrogens with zero attached hydrogens (tertiary/aromatic N) is 2. The summed E-state index contributed by atoms with van der Waals surface area (Å²) in [5.74, 6) is 0.893. The van der Waals surface area contributed by atoms with E-state index in [0.29, 0.717) is 64.1 Å². The molecule has 0 N–H and O–H groups in total. The van der Waals surface area contributed by atoms with E-state index < -0.39 is 28.9 Å². The van der Waals surface area contributed by atoms with Crippen LogP contribution in [-0.2, 0) is 24.4 Å². The molecule has 4 aliphatic heterocycles. The molecule has 0 amide bonds. The molecular formula is C39H36F6N2O6. The van der Waals surface area contributed by atoms with Gasteiger partial charge in [-0.3, -0.25) is 0 Å². The largest absolute Gasteiger partial charge is 0.457 e. The van der Waals surface area contributed by atoms with Gasteiger partial charge < -0.3 is 38.2 Å². The fourth-order valence-electron chi connectivity index (χ4n) is 6.50. The molecule has 0 bridgehead atoms. The van der Waals surface area contributed by atoms with E-state index in [1.54, 1.807) is 24.3 Å². The molecule has 4 unspecified atom stereocenters. The predicted octanol–water partition coefficient (Wildman–Crippen LogP) is 7.89. The van der Waals surface area contributed by atoms with Gasteiger partial charge in [0.2, 0.25) is 5.41 Å². The molecule has 4 aromatic rings. The lowest BCUT2D eigenvalue weighted by Gasteiger charge is -2.38. The van der Waals surface area contributed by atoms with Crippen molar-refractivity contribution < 1.29 is 54.8 Å². The van der Waals surface area contributed by atoms with Crippen LogP contribution >= 0.6 is 0 Å². The minimum Gasteiger partial charge on any atom is -0.457 e. The maximum atomic E-state index is 14.9. The fourth-order valence-corrected chi connectivity index (χ4v) is 6.50. The number of alkyl halides is 6. The Morgan fingerprint density at radius 3 is 0.906 bits per heavy atom. The molecule has 4 aliphatic rings. The first kappa shape index (κ1) is 35.5. The predicted molar refractivity (Wildman–Crippen MR) is 182 cm³/mol. The maximum Gasteiger partial charge on any atom is 0.411 e. The molecule has 8 rings (SSSR count). The molecule has 0 saturated carbocycles. The smallest absolute Gasteiger partial charge is 0.411 e. The van der Waals surface area contributed by atoms with E-state index in [0.717, 1.165) is 59.9 Å². The van der Waals surface area contributed by atoms with Crippen LogP contribution in [-0.4, -0.2) is 89.4 Å². The Labute approximate surface area is 301 Å². The average Bonchev–Trinajstić information content (AvgIpc) is 3.92. The second-order valence-corrected chi connectivity index (χ2v) is 13.6. The van der Waals surface area contributed by atoms with Crippen LogP contribution in [0.25, 0.3) is 0 Å². The maximum absolute atomic E-state index is 14.9. The summed E-state index contributed by atoms with van der Waals surface area (Å²) in [6, 6.07) is 21.7. The van der Waals surface area contributed by atoms with Crippen LogP contribution in [0, 0.1) is 0 Å². The Morgan fingerprint density at radius 1 is 0.434 bits per heavy atom. The standard InChI is InChI=1S/C39H36F6N2O6/c40-38(41,42)37(39(43,44)45,25-1-9-29(10-2-25)52-31-13-5-27(6-14-31)46(17-33-21-48-33)18-34-22-49-34)26-3-11-30(12-4-26)53-32-15-7-28(8-16-32)47(19-35-23-50-35)20-36-24-51-36/h1-16,33-36H,17-24H2. The Balaban J connectivity index is 0.979. The molecule has 8 nitrogen and oxygen atoms in total. The number of halogens is 6. The van der Waals surface area contributed by atoms with Gasteiger partial charge in [0, 0.05) is 37.6 Å². The van der Waals surface area contributed by atoms with E-state index in [4.69, 9.17) is 28.4 Å². The third kappa shape index (κ3) is 8.20. The fraction of sp³-hybridized carbons (Fsp3) is 0.385. The number of ether oxygens (including phenoxy) is 6. The van der Waals surface area contributed by atoms with Crippen LogP contribution in [0.2, 0.25) is 0 Å². The van der Waals surface area contributed by atoms with Crippen molar-refractivity contribution in [2.75, 3.05) is 62.4 Å². The van der Waals surface area contributed by atoms with E-state index >= 15 is 0 Å². The van der Waals surface area contributed by atoms with Crippen molar-refractivity contribution in [3.05, 3.63) is 108 Å². The van der Waals surface area contributed by atoms with Gasteiger partial charge >= 0.3 is 12.4 Å². The molecular weight excluding hydrogens is 706 g/mol. The van der Waals surface area contributed by atoms with E-state index in [2.05, 4.69) is 9.80 Å². The molecule has 4 atom stereocenters. The molecule has 280 valence electrons. The minimum atomic E-state index is -5.74. The molecule has 4 fully saturated rings. The zero-order valence-electron chi connectivity index (χ0n) is 28.3. The van der Waals surface area contributed by atoms with Crippen molar-refractivity contribution in [3.8, 4) is 23.0 Å². The summed E-state index contributed by atoms with van der Waals surface area (Å²) in [5, 5.41) is 0. The van der Waals surface area contributed by atoms with Crippen LogP contribution in [0.5, 0.6) is 23.0 Å². The topological polar surface area (TPSA) is 75.1 Å². The SMILES string of the molecule is FC(F)(F)C(c1ccc(Oc2ccc(N(CC3CO3)CC3CO3)cc2)cc1)(c1ccc(Oc2ccc(N(CC3CO3)CC3CO3)cc2)cc1)C(F)(F)F. The minimum absolute atomic E-state index is 0.0778. The molecule has 0 aromatic heterocycles. The normalized spacial score (nSPS) is 21.8. The van der Waals surface area contributed by atoms with Gasteiger partial charge in [-0.15, -0.1) is 0 Å². The van der Waals surface area contributed by atoms with E-state index in [1.165, 1.54) is 0 Å². The van der Waals surface area contributed by atoms with Gasteiger partial charge in [0.15, 0.2) is 0 Å². The first-order valence-electron chi connectivity index (χ1n) is 17.3. The van der Waals surface area contributed by atoms with Crippen molar-refractivity contribution in [2.45, 2.75) is 42.2 Å². The number of epoxide rings is 4. The van der Waals surface area contributed by atoms with Crippen LogP contribution in [0.15, 0.2) is 97.1 Å². The van der Waals surface area contributed by atoms with Gasteiger partial charge in [0.05, 0.1) is 50.8 Å². The summed E-state index contributed by atoms with van der Waals surface area (Å²) >= 11 is 0. The monoisotopic (exact) mass is 742 g/mol. The highest BCUT2D eigenvalue weighted by Gasteiger charge is 2.72. The second kappa shape index (κ2) is 14.0. The molecule has 0 spiro atoms. The molecule has 0 aliphatic carbocycles. The Hall–Kier alpha value is -4.50. The van der Waals surface area contributed by atoms with Crippen LogP contribution < -0.4 is 19.3 Å². The number of rotatable bonds is 16. The summed E-state index contributed by atoms with van der Waals surface area (Å²) < 4.78 is 122. The number of benzene rings is 4. The van der Waals surface area contributed by atoms with E-state index in [-0.39, 0.29) is 35.9 Å². The summed E-state index contributed by atoms with van der Waals surface area (Å²) in [7, 11) is 0. The van der Waals surface area contributed by atoms with Crippen molar-refractivity contribution >= 4 is 11.4 Å². The lowest BCUT2D eigenvalue weighted by molar-refractivity contribution is -0.288. The number of hydrogen-bond acceptors (Lipinski definition) is 8. The van der Waals surface area contributed by atoms with Crippen LogP contribution in [0.3, 0.4) is 0 Å². The second-order valence-electron chi connectivity index (χ2n) is 13.6. The molecule has 4 aromatic carbocycles. The Morgan fingerprint density at radius 2 is 0.679 bits per heavy atom. The average molecular weight is 743 g/mol. The number of anilines is 2. The third-order valence-electron chi connectivity index (χ3n) is 9.61. The highest BCUT2D eigenvalue weighted by molar-refractivity contribution is 5.53. The molecule has 0 radical (unpaired) electrons. The van der Waals surface area contributed by atoms with Crippen LogP contribution in [0.1, 0.15) is 11.1 Å². The highest BCUT2D eigenvalue weighted by atomic mass is 19.4. The van der Waals surface area contributed by atoms with Gasteiger partial charge in [-0.25, -0.2) is 0 Å². The summed E-state index contributed by atoms with van der Waals surface area (Å²) in [6.07, 6.45) is -10.8. The lowest BCUT2D eigenvalue weighted by Crippen LogP contribution is -2.54. The van der Waals surface area contributed by atoms with E-state index in [9.17, 15) is 26.3 Å². The van der Waals surface area contributed by atoms with E-state index in [1.807, 2.05) is 24.3 Å². The summed E-state index contributed by atoms with van der Waals surface area (Å²) in [4.78, 5) is 4.29. The molecule has 14 heteroatoms. The Kier molecular flexibility index (Phi) is 9.42. The zero-order valence-corrected chi connectivity index (χ0v) is 28.3. The van der Waals surface area contributed by atoms with Crippen molar-refractivity contribution in [3.63, 3.8) is 0 Å². The van der Waals surface area contributed by atoms with Gasteiger partial charge in [0.25, 0.3) is 0 Å². The number of hydrogen-bond donors (Lipinski definition) is 0. The van der Waals surface area contributed by atoms with Gasteiger partial charge in [-0.1, -0.05) is 24.3 Å². The quantitative estimate of drug-likeness (QED) is 0.0849. The highest BCUT2D eigenvalue weighted by Crippen LogP contribution is 2.56. The van der Waals surface area contributed by atoms with Crippen molar-refractivity contribution in [2.24, 2.45) is 0 Å². The molecule has 53 heavy (non-hydrogen) atoms. The van der Waals surface area contributed by atoms with Crippen molar-refractivity contribution in [1.82, 2.24) is 0 Å². The van der Waals surface area contributed by atoms with Gasteiger partial charge in [-0.05, 0) is 83.9 Å².